The lowest BCUT2D eigenvalue weighted by Crippen LogP contribution is -2.21. The maximum absolute atomic E-state index is 12.6. The van der Waals surface area contributed by atoms with Crippen molar-refractivity contribution in [2.45, 2.75) is 19.6 Å². The largest absolute Gasteiger partial charge is 0.423 e. The van der Waals surface area contributed by atoms with Gasteiger partial charge in [0.05, 0.1) is 0 Å². The summed E-state index contributed by atoms with van der Waals surface area (Å²) in [6.45, 7) is 2.55. The van der Waals surface area contributed by atoms with Crippen LogP contribution in [-0.4, -0.2) is 22.9 Å². The van der Waals surface area contributed by atoms with Crippen LogP contribution in [0.3, 0.4) is 0 Å². The lowest BCUT2D eigenvalue weighted by Gasteiger charge is -2.05. The topological polar surface area (TPSA) is 51.0 Å². The van der Waals surface area contributed by atoms with Crippen LogP contribution in [0.1, 0.15) is 12.5 Å². The van der Waals surface area contributed by atoms with Gasteiger partial charge in [0.15, 0.2) is 0 Å². The van der Waals surface area contributed by atoms with E-state index in [1.165, 1.54) is 13.3 Å². The minimum atomic E-state index is -0.826. The lowest BCUT2D eigenvalue weighted by atomic mass is 10.1. The van der Waals surface area contributed by atoms with Gasteiger partial charge in [0, 0.05) is 18.7 Å². The van der Waals surface area contributed by atoms with E-state index >= 15 is 0 Å². The average Bonchev–Trinajstić information content (AvgIpc) is 2.83. The molecule has 0 amide bonds. The molecule has 90 valence electrons. The SMILES string of the molecule is CC(F)CNCc1ccc(-c2nnco2)cc1. The maximum Gasteiger partial charge on any atom is 0.247 e. The predicted molar refractivity (Wildman–Crippen MR) is 62.0 cm³/mol. The van der Waals surface area contributed by atoms with E-state index in [2.05, 4.69) is 15.5 Å². The molecule has 2 rings (SSSR count). The Kier molecular flexibility index (Phi) is 3.82. The zero-order chi connectivity index (χ0) is 12.1. The summed E-state index contributed by atoms with van der Waals surface area (Å²) in [5.41, 5.74) is 1.97. The molecule has 2 aromatic rings. The van der Waals surface area contributed by atoms with Crippen LogP contribution < -0.4 is 5.32 Å². The molecule has 0 aliphatic heterocycles. The highest BCUT2D eigenvalue weighted by Crippen LogP contribution is 2.16. The zero-order valence-electron chi connectivity index (χ0n) is 9.56. The van der Waals surface area contributed by atoms with Gasteiger partial charge in [-0.15, -0.1) is 10.2 Å². The second-order valence-corrected chi connectivity index (χ2v) is 3.85. The highest BCUT2D eigenvalue weighted by molar-refractivity contribution is 5.52. The van der Waals surface area contributed by atoms with Crippen molar-refractivity contribution in [2.75, 3.05) is 6.54 Å². The Hall–Kier alpha value is -1.75. The third kappa shape index (κ3) is 3.35. The van der Waals surface area contributed by atoms with Crippen LogP contribution in [0.2, 0.25) is 0 Å². The summed E-state index contributed by atoms with van der Waals surface area (Å²) >= 11 is 0. The van der Waals surface area contributed by atoms with Crippen LogP contribution in [0.25, 0.3) is 11.5 Å². The molecular weight excluding hydrogens is 221 g/mol. The molecule has 5 heteroatoms. The minimum absolute atomic E-state index is 0.366. The Labute approximate surface area is 98.9 Å². The summed E-state index contributed by atoms with van der Waals surface area (Å²) < 4.78 is 17.6. The number of nitrogens with one attached hydrogen (secondary N) is 1. The van der Waals surface area contributed by atoms with Crippen molar-refractivity contribution in [3.63, 3.8) is 0 Å². The van der Waals surface area contributed by atoms with Crippen LogP contribution in [-0.2, 0) is 6.54 Å². The van der Waals surface area contributed by atoms with Crippen LogP contribution in [0.4, 0.5) is 4.39 Å². The number of aromatic nitrogens is 2. The Morgan fingerprint density at radius 2 is 2.12 bits per heavy atom. The number of alkyl halides is 1. The molecule has 0 radical (unpaired) electrons. The third-order valence-electron chi connectivity index (χ3n) is 2.32. The van der Waals surface area contributed by atoms with Crippen molar-refractivity contribution in [1.29, 1.82) is 0 Å². The summed E-state index contributed by atoms with van der Waals surface area (Å²) in [5, 5.41) is 10.5. The second kappa shape index (κ2) is 5.54. The molecule has 17 heavy (non-hydrogen) atoms. The molecular formula is C12H14FN3O. The van der Waals surface area contributed by atoms with E-state index < -0.39 is 6.17 Å². The maximum atomic E-state index is 12.6. The number of hydrogen-bond acceptors (Lipinski definition) is 4. The summed E-state index contributed by atoms with van der Waals surface area (Å²) in [6.07, 6.45) is 0.473. The van der Waals surface area contributed by atoms with Crippen LogP contribution in [0.5, 0.6) is 0 Å². The fraction of sp³-hybridized carbons (Fsp3) is 0.333. The first-order chi connectivity index (χ1) is 8.25. The molecule has 1 atom stereocenters. The van der Waals surface area contributed by atoms with Crippen molar-refractivity contribution < 1.29 is 8.81 Å². The monoisotopic (exact) mass is 235 g/mol. The predicted octanol–water partition coefficient (Wildman–Crippen LogP) is 2.18. The summed E-state index contributed by atoms with van der Waals surface area (Å²) in [6, 6.07) is 7.72. The van der Waals surface area contributed by atoms with Gasteiger partial charge in [-0.2, -0.15) is 0 Å². The number of benzene rings is 1. The average molecular weight is 235 g/mol. The molecule has 0 saturated carbocycles. The Bertz CT molecular complexity index is 439. The van der Waals surface area contributed by atoms with Crippen LogP contribution in [0.15, 0.2) is 35.1 Å². The highest BCUT2D eigenvalue weighted by atomic mass is 19.1. The fourth-order valence-electron chi connectivity index (χ4n) is 1.48. The molecule has 1 N–H and O–H groups in total. The van der Waals surface area contributed by atoms with E-state index in [1.807, 2.05) is 24.3 Å². The molecule has 1 heterocycles. The Morgan fingerprint density at radius 1 is 1.35 bits per heavy atom. The molecule has 0 saturated heterocycles. The molecule has 0 fully saturated rings. The molecule has 0 aliphatic rings. The smallest absolute Gasteiger partial charge is 0.247 e. The molecule has 4 nitrogen and oxygen atoms in total. The molecule has 1 aromatic carbocycles. The number of halogens is 1. The Morgan fingerprint density at radius 3 is 2.71 bits per heavy atom. The van der Waals surface area contributed by atoms with Crippen molar-refractivity contribution in [3.05, 3.63) is 36.2 Å². The molecule has 0 bridgehead atoms. The standard InChI is InChI=1S/C12H14FN3O/c1-9(13)6-14-7-10-2-4-11(5-3-10)12-16-15-8-17-12/h2-5,8-9,14H,6-7H2,1H3. The van der Waals surface area contributed by atoms with Gasteiger partial charge in [-0.1, -0.05) is 12.1 Å². The van der Waals surface area contributed by atoms with Gasteiger partial charge in [0.25, 0.3) is 0 Å². The van der Waals surface area contributed by atoms with E-state index in [9.17, 15) is 4.39 Å². The van der Waals surface area contributed by atoms with Crippen molar-refractivity contribution in [2.24, 2.45) is 0 Å². The number of rotatable bonds is 5. The summed E-state index contributed by atoms with van der Waals surface area (Å²) in [5.74, 6) is 0.502. The summed E-state index contributed by atoms with van der Waals surface area (Å²) in [4.78, 5) is 0. The third-order valence-corrected chi connectivity index (χ3v) is 2.32. The molecule has 1 unspecified atom stereocenters. The number of hydrogen-bond donors (Lipinski definition) is 1. The van der Waals surface area contributed by atoms with Gasteiger partial charge in [0.1, 0.15) is 6.17 Å². The van der Waals surface area contributed by atoms with E-state index in [0.717, 1.165) is 11.1 Å². The van der Waals surface area contributed by atoms with E-state index in [4.69, 9.17) is 4.42 Å². The van der Waals surface area contributed by atoms with Gasteiger partial charge < -0.3 is 9.73 Å². The minimum Gasteiger partial charge on any atom is -0.423 e. The van der Waals surface area contributed by atoms with Crippen LogP contribution in [0, 0.1) is 0 Å². The zero-order valence-corrected chi connectivity index (χ0v) is 9.56. The van der Waals surface area contributed by atoms with Gasteiger partial charge in [-0.05, 0) is 24.6 Å². The van der Waals surface area contributed by atoms with E-state index in [0.29, 0.717) is 19.0 Å². The van der Waals surface area contributed by atoms with E-state index in [1.54, 1.807) is 0 Å². The second-order valence-electron chi connectivity index (χ2n) is 3.85. The molecule has 0 aliphatic carbocycles. The summed E-state index contributed by atoms with van der Waals surface area (Å²) in [7, 11) is 0. The fourth-order valence-corrected chi connectivity index (χ4v) is 1.48. The van der Waals surface area contributed by atoms with E-state index in [-0.39, 0.29) is 0 Å². The lowest BCUT2D eigenvalue weighted by molar-refractivity contribution is 0.344. The Balaban J connectivity index is 1.94. The van der Waals surface area contributed by atoms with Gasteiger partial charge in [-0.25, -0.2) is 4.39 Å². The van der Waals surface area contributed by atoms with Gasteiger partial charge in [-0.3, -0.25) is 0 Å². The van der Waals surface area contributed by atoms with Crippen LogP contribution >= 0.6 is 0 Å². The van der Waals surface area contributed by atoms with Gasteiger partial charge in [0.2, 0.25) is 12.3 Å². The molecule has 1 aromatic heterocycles. The first-order valence-electron chi connectivity index (χ1n) is 5.46. The first-order valence-corrected chi connectivity index (χ1v) is 5.46. The molecule has 0 spiro atoms. The van der Waals surface area contributed by atoms with Crippen molar-refractivity contribution >= 4 is 0 Å². The van der Waals surface area contributed by atoms with Crippen molar-refractivity contribution in [1.82, 2.24) is 15.5 Å². The normalized spacial score (nSPS) is 12.6. The first kappa shape index (κ1) is 11.7. The number of nitrogens with zero attached hydrogens (tertiary/aromatic N) is 2. The van der Waals surface area contributed by atoms with Crippen molar-refractivity contribution in [3.8, 4) is 11.5 Å². The van der Waals surface area contributed by atoms with Gasteiger partial charge >= 0.3 is 0 Å². The highest BCUT2D eigenvalue weighted by Gasteiger charge is 2.03. The quantitative estimate of drug-likeness (QED) is 0.863.